The van der Waals surface area contributed by atoms with Crippen LogP contribution in [0.15, 0.2) is 0 Å². The van der Waals surface area contributed by atoms with Crippen LogP contribution in [0.3, 0.4) is 0 Å². The SMILES string of the molecule is C[C@H]1OC(O)[C@H](O[C@@H]2O[C@H](CO)[C@@H](O)[C@H](O)[C@H]2O)[C@@H](O[C@@H]2O[C@H](CO[C@@H]3O[C@H](CO)[C@@H](O[C@@H]4O[C@H](CO)[C@@H](O)[C@H](O)[C@H]4O)[C@H](O)[C@H]3O)[C@@H](O)[C@H](O)[C@H]2O)[C@H]1O. The molecule has 5 aliphatic heterocycles. The molecule has 5 fully saturated rings. The van der Waals surface area contributed by atoms with Gasteiger partial charge in [0.05, 0.1) is 32.5 Å². The Morgan fingerprint density at radius 1 is 0.364 bits per heavy atom. The van der Waals surface area contributed by atoms with Crippen molar-refractivity contribution in [2.75, 3.05) is 26.4 Å². The molecule has 0 aromatic rings. The smallest absolute Gasteiger partial charge is 0.187 e. The second-order valence-electron chi connectivity index (χ2n) is 14.0. The van der Waals surface area contributed by atoms with Gasteiger partial charge < -0.3 is 124 Å². The van der Waals surface area contributed by atoms with Crippen molar-refractivity contribution in [1.82, 2.24) is 0 Å². The summed E-state index contributed by atoms with van der Waals surface area (Å²) in [6.45, 7) is -1.96. The molecule has 5 saturated heterocycles. The topological polar surface area (TPSA) is 407 Å². The van der Waals surface area contributed by atoms with Crippen molar-refractivity contribution < 1.29 is 124 Å². The summed E-state index contributed by atoms with van der Waals surface area (Å²) in [4.78, 5) is 0. The van der Waals surface area contributed by atoms with Crippen LogP contribution in [0.1, 0.15) is 6.92 Å². The van der Waals surface area contributed by atoms with Gasteiger partial charge in [-0.1, -0.05) is 0 Å². The molecule has 0 aromatic carbocycles. The summed E-state index contributed by atoms with van der Waals surface area (Å²) < 4.78 is 49.4. The fourth-order valence-corrected chi connectivity index (χ4v) is 6.84. The molecule has 0 aliphatic carbocycles. The molecular formula is C30H52O25. The molecular weight excluding hydrogens is 760 g/mol. The van der Waals surface area contributed by atoms with E-state index in [9.17, 15) is 81.7 Å². The fourth-order valence-electron chi connectivity index (χ4n) is 6.84. The van der Waals surface area contributed by atoms with Crippen LogP contribution < -0.4 is 0 Å². The van der Waals surface area contributed by atoms with E-state index in [-0.39, 0.29) is 0 Å². The van der Waals surface area contributed by atoms with Gasteiger partial charge in [-0.25, -0.2) is 0 Å². The number of aliphatic hydroxyl groups excluding tert-OH is 16. The molecule has 55 heavy (non-hydrogen) atoms. The van der Waals surface area contributed by atoms with Gasteiger partial charge in [0.2, 0.25) is 0 Å². The van der Waals surface area contributed by atoms with Gasteiger partial charge in [0.25, 0.3) is 0 Å². The number of ether oxygens (including phenoxy) is 9. The van der Waals surface area contributed by atoms with Crippen molar-refractivity contribution in [1.29, 1.82) is 0 Å². The van der Waals surface area contributed by atoms with Gasteiger partial charge in [-0.05, 0) is 6.92 Å². The highest BCUT2D eigenvalue weighted by atomic mass is 16.8. The highest BCUT2D eigenvalue weighted by Crippen LogP contribution is 2.34. The molecule has 0 radical (unpaired) electrons. The van der Waals surface area contributed by atoms with Crippen LogP contribution in [-0.4, -0.2) is 262 Å². The van der Waals surface area contributed by atoms with Crippen molar-refractivity contribution >= 4 is 0 Å². The van der Waals surface area contributed by atoms with Crippen LogP contribution in [0.25, 0.3) is 0 Å². The van der Waals surface area contributed by atoms with E-state index in [0.29, 0.717) is 0 Å². The number of rotatable bonds is 12. The highest BCUT2D eigenvalue weighted by Gasteiger charge is 2.55. The number of hydrogen-bond donors (Lipinski definition) is 16. The Bertz CT molecular complexity index is 1190. The molecule has 5 rings (SSSR count). The van der Waals surface area contributed by atoms with Crippen LogP contribution in [0, 0.1) is 0 Å². The third-order valence-corrected chi connectivity index (χ3v) is 10.3. The van der Waals surface area contributed by atoms with Crippen LogP contribution in [0.4, 0.5) is 0 Å². The van der Waals surface area contributed by atoms with E-state index in [2.05, 4.69) is 0 Å². The van der Waals surface area contributed by atoms with E-state index in [4.69, 9.17) is 42.6 Å². The van der Waals surface area contributed by atoms with Crippen molar-refractivity contribution in [3.63, 3.8) is 0 Å². The Hall–Kier alpha value is -1.00. The van der Waals surface area contributed by atoms with Gasteiger partial charge in [-0.2, -0.15) is 0 Å². The van der Waals surface area contributed by atoms with E-state index in [1.165, 1.54) is 6.92 Å². The zero-order valence-corrected chi connectivity index (χ0v) is 29.1. The van der Waals surface area contributed by atoms with Crippen molar-refractivity contribution in [2.24, 2.45) is 0 Å². The van der Waals surface area contributed by atoms with Gasteiger partial charge in [0.15, 0.2) is 31.5 Å². The van der Waals surface area contributed by atoms with Gasteiger partial charge in [-0.15, -0.1) is 0 Å². The molecule has 322 valence electrons. The summed E-state index contributed by atoms with van der Waals surface area (Å²) in [7, 11) is 0. The summed E-state index contributed by atoms with van der Waals surface area (Å²) in [5.41, 5.74) is 0. The second kappa shape index (κ2) is 18.9. The highest BCUT2D eigenvalue weighted by molar-refractivity contribution is 4.97. The summed E-state index contributed by atoms with van der Waals surface area (Å²) in [5, 5.41) is 166. The zero-order valence-electron chi connectivity index (χ0n) is 29.1. The standard InChI is InChI=1S/C30H52O25/c1-6-11(34)24(25(26(46)48-6)55-29-20(43)16(39)13(36)8(3-32)50-29)54-30-21(44)17(40)14(37)10(52-30)5-47-27-22(45)18(41)23(9(4-33)51-27)53-28-19(42)15(38)12(35)7(2-31)49-28/h6-46H,2-5H2,1H3/t6-,7-,8-,9-,10-,11+,12-,13-,14-,15+,16+,17+,18-,19-,20-,21-,22-,23-,24+,25-,26?,27-,28+,29+,30+/m1/s1. The minimum atomic E-state index is -2.04. The van der Waals surface area contributed by atoms with Gasteiger partial charge in [0, 0.05) is 0 Å². The summed E-state index contributed by atoms with van der Waals surface area (Å²) >= 11 is 0. The molecule has 0 bridgehead atoms. The number of hydrogen-bond acceptors (Lipinski definition) is 25. The maximum Gasteiger partial charge on any atom is 0.187 e. The average Bonchev–Trinajstić information content (AvgIpc) is 3.16. The summed E-state index contributed by atoms with van der Waals surface area (Å²) in [6, 6.07) is 0. The molecule has 25 atom stereocenters. The Morgan fingerprint density at radius 2 is 0.745 bits per heavy atom. The Balaban J connectivity index is 1.25. The first-order valence-electron chi connectivity index (χ1n) is 17.5. The molecule has 16 N–H and O–H groups in total. The van der Waals surface area contributed by atoms with E-state index >= 15 is 0 Å². The molecule has 0 spiro atoms. The first-order valence-corrected chi connectivity index (χ1v) is 17.5. The van der Waals surface area contributed by atoms with Crippen LogP contribution in [0.2, 0.25) is 0 Å². The van der Waals surface area contributed by atoms with Gasteiger partial charge >= 0.3 is 0 Å². The lowest BCUT2D eigenvalue weighted by Gasteiger charge is -2.48. The molecule has 5 heterocycles. The third kappa shape index (κ3) is 9.26. The maximum atomic E-state index is 11.0. The predicted octanol–water partition coefficient (Wildman–Crippen LogP) is -10.9. The molecule has 0 aromatic heterocycles. The van der Waals surface area contributed by atoms with Crippen LogP contribution >= 0.6 is 0 Å². The Kier molecular flexibility index (Phi) is 15.5. The largest absolute Gasteiger partial charge is 0.394 e. The van der Waals surface area contributed by atoms with Crippen molar-refractivity contribution in [3.8, 4) is 0 Å². The Morgan fingerprint density at radius 3 is 1.22 bits per heavy atom. The lowest BCUT2D eigenvalue weighted by molar-refractivity contribution is -0.388. The van der Waals surface area contributed by atoms with E-state index in [1.807, 2.05) is 0 Å². The minimum absolute atomic E-state index is 0.782. The molecule has 25 heteroatoms. The lowest BCUT2D eigenvalue weighted by atomic mass is 9.96. The van der Waals surface area contributed by atoms with Crippen molar-refractivity contribution in [2.45, 2.75) is 160 Å². The van der Waals surface area contributed by atoms with Gasteiger partial charge in [-0.3, -0.25) is 0 Å². The van der Waals surface area contributed by atoms with Crippen molar-refractivity contribution in [3.05, 3.63) is 0 Å². The summed E-state index contributed by atoms with van der Waals surface area (Å²) in [5.74, 6) is 0. The predicted molar refractivity (Wildman–Crippen MR) is 165 cm³/mol. The maximum absolute atomic E-state index is 11.0. The van der Waals surface area contributed by atoms with Gasteiger partial charge in [0.1, 0.15) is 116 Å². The zero-order chi connectivity index (χ0) is 40.6. The molecule has 0 saturated carbocycles. The molecule has 0 amide bonds. The summed E-state index contributed by atoms with van der Waals surface area (Å²) in [6.07, 6.45) is -44.3. The quantitative estimate of drug-likeness (QED) is 0.0870. The van der Waals surface area contributed by atoms with E-state index < -0.39 is 180 Å². The fraction of sp³-hybridized carbons (Fsp3) is 1.00. The molecule has 5 aliphatic rings. The average molecular weight is 813 g/mol. The van der Waals surface area contributed by atoms with E-state index in [0.717, 1.165) is 0 Å². The third-order valence-electron chi connectivity index (χ3n) is 10.3. The van der Waals surface area contributed by atoms with Crippen LogP contribution in [0.5, 0.6) is 0 Å². The molecule has 25 nitrogen and oxygen atoms in total. The Labute approximate surface area is 311 Å². The normalized spacial score (nSPS) is 53.9. The lowest BCUT2D eigenvalue weighted by Crippen LogP contribution is -2.66. The first-order chi connectivity index (χ1) is 25.9. The van der Waals surface area contributed by atoms with E-state index in [1.54, 1.807) is 0 Å². The first kappa shape index (κ1) is 45.1. The second-order valence-corrected chi connectivity index (χ2v) is 14.0. The number of aliphatic hydroxyl groups is 16. The minimum Gasteiger partial charge on any atom is -0.394 e. The molecule has 1 unspecified atom stereocenters. The monoisotopic (exact) mass is 812 g/mol. The van der Waals surface area contributed by atoms with Crippen LogP contribution in [-0.2, 0) is 42.6 Å².